The van der Waals surface area contributed by atoms with E-state index in [4.69, 9.17) is 16.7 Å². The van der Waals surface area contributed by atoms with Crippen molar-refractivity contribution in [1.29, 1.82) is 0 Å². The van der Waals surface area contributed by atoms with Crippen LogP contribution in [-0.4, -0.2) is 11.1 Å². The summed E-state index contributed by atoms with van der Waals surface area (Å²) in [5.41, 5.74) is -0.0706. The minimum Gasteiger partial charge on any atom is -0.478 e. The standard InChI is InChI=1S/C9H5ClF2O2/c10-8-6(11)3-1-5(9(8)12)2-4-7(13)14/h1-4H,(H,13,14)/b4-2+. The van der Waals surface area contributed by atoms with Crippen molar-refractivity contribution in [3.05, 3.63) is 40.4 Å². The topological polar surface area (TPSA) is 37.3 Å². The van der Waals surface area contributed by atoms with Gasteiger partial charge in [0, 0.05) is 11.6 Å². The molecule has 0 heterocycles. The molecule has 0 amide bonds. The molecule has 0 aliphatic heterocycles. The highest BCUT2D eigenvalue weighted by Crippen LogP contribution is 2.22. The molecule has 0 atom stereocenters. The van der Waals surface area contributed by atoms with Gasteiger partial charge in [-0.3, -0.25) is 0 Å². The van der Waals surface area contributed by atoms with Gasteiger partial charge in [-0.15, -0.1) is 0 Å². The van der Waals surface area contributed by atoms with Gasteiger partial charge in [0.2, 0.25) is 0 Å². The Morgan fingerprint density at radius 1 is 1.43 bits per heavy atom. The second-order valence-corrected chi connectivity index (χ2v) is 2.81. The number of carboxylic acid groups (broad SMARTS) is 1. The van der Waals surface area contributed by atoms with Crippen molar-refractivity contribution < 1.29 is 18.7 Å². The Labute approximate surface area is 83.4 Å². The van der Waals surface area contributed by atoms with Gasteiger partial charge in [0.15, 0.2) is 5.82 Å². The molecule has 1 aromatic carbocycles. The van der Waals surface area contributed by atoms with E-state index in [9.17, 15) is 13.6 Å². The first kappa shape index (κ1) is 10.7. The van der Waals surface area contributed by atoms with Crippen LogP contribution in [0.3, 0.4) is 0 Å². The lowest BCUT2D eigenvalue weighted by Crippen LogP contribution is -1.90. The third kappa shape index (κ3) is 2.29. The molecule has 0 radical (unpaired) electrons. The van der Waals surface area contributed by atoms with Crippen molar-refractivity contribution in [1.82, 2.24) is 0 Å². The average molecular weight is 219 g/mol. The molecule has 0 unspecified atom stereocenters. The fraction of sp³-hybridized carbons (Fsp3) is 0. The minimum atomic E-state index is -1.22. The first-order valence-electron chi connectivity index (χ1n) is 3.57. The van der Waals surface area contributed by atoms with Gasteiger partial charge in [0.1, 0.15) is 10.8 Å². The third-order valence-electron chi connectivity index (χ3n) is 1.47. The fourth-order valence-electron chi connectivity index (χ4n) is 0.831. The molecular weight excluding hydrogens is 214 g/mol. The van der Waals surface area contributed by atoms with E-state index in [0.717, 1.165) is 24.3 Å². The van der Waals surface area contributed by atoms with E-state index < -0.39 is 22.6 Å². The lowest BCUT2D eigenvalue weighted by atomic mass is 10.2. The zero-order valence-electron chi connectivity index (χ0n) is 6.80. The molecule has 74 valence electrons. The number of benzene rings is 1. The second-order valence-electron chi connectivity index (χ2n) is 2.44. The van der Waals surface area contributed by atoms with E-state index in [2.05, 4.69) is 0 Å². The summed E-state index contributed by atoms with van der Waals surface area (Å²) in [7, 11) is 0. The van der Waals surface area contributed by atoms with Crippen LogP contribution in [-0.2, 0) is 4.79 Å². The Balaban J connectivity index is 3.12. The molecule has 0 saturated heterocycles. The van der Waals surface area contributed by atoms with Crippen molar-refractivity contribution in [3.8, 4) is 0 Å². The van der Waals surface area contributed by atoms with Gasteiger partial charge in [-0.2, -0.15) is 0 Å². The zero-order valence-corrected chi connectivity index (χ0v) is 7.55. The number of hydrogen-bond donors (Lipinski definition) is 1. The van der Waals surface area contributed by atoms with Gasteiger partial charge >= 0.3 is 5.97 Å². The third-order valence-corrected chi connectivity index (χ3v) is 1.82. The van der Waals surface area contributed by atoms with Crippen LogP contribution in [0.25, 0.3) is 6.08 Å². The molecule has 1 aromatic rings. The molecule has 0 bridgehead atoms. The van der Waals surface area contributed by atoms with Gasteiger partial charge in [-0.25, -0.2) is 13.6 Å². The van der Waals surface area contributed by atoms with Crippen molar-refractivity contribution in [2.75, 3.05) is 0 Å². The number of carboxylic acids is 1. The van der Waals surface area contributed by atoms with Crippen LogP contribution in [0.2, 0.25) is 5.02 Å². The van der Waals surface area contributed by atoms with Crippen LogP contribution in [0.15, 0.2) is 18.2 Å². The number of halogens is 3. The van der Waals surface area contributed by atoms with Gasteiger partial charge < -0.3 is 5.11 Å². The van der Waals surface area contributed by atoms with Crippen molar-refractivity contribution in [2.45, 2.75) is 0 Å². The van der Waals surface area contributed by atoms with Crippen LogP contribution in [0.4, 0.5) is 8.78 Å². The van der Waals surface area contributed by atoms with Crippen LogP contribution in [0.5, 0.6) is 0 Å². The smallest absolute Gasteiger partial charge is 0.328 e. The normalized spacial score (nSPS) is 10.8. The van der Waals surface area contributed by atoms with E-state index in [1.165, 1.54) is 0 Å². The molecule has 5 heteroatoms. The molecule has 1 rings (SSSR count). The molecule has 0 fully saturated rings. The Bertz CT molecular complexity index is 402. The van der Waals surface area contributed by atoms with Crippen molar-refractivity contribution in [3.63, 3.8) is 0 Å². The summed E-state index contributed by atoms with van der Waals surface area (Å²) in [6.45, 7) is 0. The molecule has 2 nitrogen and oxygen atoms in total. The Kier molecular flexibility index (Phi) is 3.19. The number of hydrogen-bond acceptors (Lipinski definition) is 1. The SMILES string of the molecule is O=C(O)/C=C/c1ccc(F)c(Cl)c1F. The zero-order chi connectivity index (χ0) is 10.7. The van der Waals surface area contributed by atoms with Crippen LogP contribution < -0.4 is 0 Å². The van der Waals surface area contributed by atoms with E-state index >= 15 is 0 Å². The van der Waals surface area contributed by atoms with Gasteiger partial charge in [-0.1, -0.05) is 11.6 Å². The Morgan fingerprint density at radius 2 is 2.07 bits per heavy atom. The summed E-state index contributed by atoms with van der Waals surface area (Å²) < 4.78 is 25.7. The van der Waals surface area contributed by atoms with Gasteiger partial charge in [0.25, 0.3) is 0 Å². The molecular formula is C9H5ClF2O2. The Morgan fingerprint density at radius 3 is 2.64 bits per heavy atom. The molecule has 0 aliphatic rings. The summed E-state index contributed by atoms with van der Waals surface area (Å²) in [6.07, 6.45) is 1.75. The van der Waals surface area contributed by atoms with E-state index in [-0.39, 0.29) is 5.56 Å². The minimum absolute atomic E-state index is 0.0706. The van der Waals surface area contributed by atoms with Crippen molar-refractivity contribution >= 4 is 23.6 Å². The Hall–Kier alpha value is -1.42. The first-order chi connectivity index (χ1) is 6.52. The highest BCUT2D eigenvalue weighted by Gasteiger charge is 2.09. The van der Waals surface area contributed by atoms with Crippen LogP contribution in [0, 0.1) is 11.6 Å². The number of rotatable bonds is 2. The van der Waals surface area contributed by atoms with E-state index in [0.29, 0.717) is 0 Å². The van der Waals surface area contributed by atoms with E-state index in [1.807, 2.05) is 0 Å². The molecule has 0 aromatic heterocycles. The monoisotopic (exact) mass is 218 g/mol. The molecule has 0 saturated carbocycles. The van der Waals surface area contributed by atoms with Gasteiger partial charge in [-0.05, 0) is 18.2 Å². The summed E-state index contributed by atoms with van der Waals surface area (Å²) in [6, 6.07) is 2.07. The van der Waals surface area contributed by atoms with Crippen LogP contribution >= 0.6 is 11.6 Å². The van der Waals surface area contributed by atoms with E-state index in [1.54, 1.807) is 0 Å². The molecule has 0 aliphatic carbocycles. The average Bonchev–Trinajstić information content (AvgIpc) is 2.13. The summed E-state index contributed by atoms with van der Waals surface area (Å²) in [5, 5.41) is 7.63. The maximum absolute atomic E-state index is 13.1. The molecule has 1 N–H and O–H groups in total. The maximum atomic E-state index is 13.1. The second kappa shape index (κ2) is 4.19. The lowest BCUT2D eigenvalue weighted by Gasteiger charge is -1.99. The number of carbonyl (C=O) groups is 1. The largest absolute Gasteiger partial charge is 0.478 e. The number of aliphatic carboxylic acids is 1. The summed E-state index contributed by atoms with van der Waals surface area (Å²) in [4.78, 5) is 10.1. The van der Waals surface area contributed by atoms with Crippen molar-refractivity contribution in [2.24, 2.45) is 0 Å². The fourth-order valence-corrected chi connectivity index (χ4v) is 1.00. The predicted molar refractivity (Wildman–Crippen MR) is 48.0 cm³/mol. The quantitative estimate of drug-likeness (QED) is 0.612. The van der Waals surface area contributed by atoms with Crippen LogP contribution in [0.1, 0.15) is 5.56 Å². The first-order valence-corrected chi connectivity index (χ1v) is 3.94. The lowest BCUT2D eigenvalue weighted by molar-refractivity contribution is -0.131. The highest BCUT2D eigenvalue weighted by molar-refractivity contribution is 6.31. The molecule has 14 heavy (non-hydrogen) atoms. The predicted octanol–water partition coefficient (Wildman–Crippen LogP) is 2.72. The summed E-state index contributed by atoms with van der Waals surface area (Å²) in [5.74, 6) is -3.06. The summed E-state index contributed by atoms with van der Waals surface area (Å²) >= 11 is 5.27. The molecule has 0 spiro atoms. The highest BCUT2D eigenvalue weighted by atomic mass is 35.5. The maximum Gasteiger partial charge on any atom is 0.328 e. The van der Waals surface area contributed by atoms with Gasteiger partial charge in [0.05, 0.1) is 0 Å².